The average molecular weight is 150 g/mol. The molecule has 0 bridgehead atoms. The summed E-state index contributed by atoms with van der Waals surface area (Å²) in [7, 11) is 0. The van der Waals surface area contributed by atoms with Crippen LogP contribution in [0, 0.1) is 5.92 Å². The van der Waals surface area contributed by atoms with Crippen LogP contribution in [0.1, 0.15) is 40.0 Å². The standard InChI is InChI=1S/C11H18/c1-4-5-6-11-7-9(2)10(3)8-11/h5-6,11H,4,7-8H2,1-3H3/b6-5+. The van der Waals surface area contributed by atoms with E-state index in [-0.39, 0.29) is 0 Å². The lowest BCUT2D eigenvalue weighted by molar-refractivity contribution is 0.691. The predicted octanol–water partition coefficient (Wildman–Crippen LogP) is 3.70. The van der Waals surface area contributed by atoms with Gasteiger partial charge >= 0.3 is 0 Å². The number of allylic oxidation sites excluding steroid dienone is 4. The lowest BCUT2D eigenvalue weighted by atomic mass is 10.0. The molecule has 1 aliphatic rings. The molecule has 1 aliphatic carbocycles. The van der Waals surface area contributed by atoms with Crippen LogP contribution < -0.4 is 0 Å². The molecule has 0 amide bonds. The van der Waals surface area contributed by atoms with Gasteiger partial charge in [0, 0.05) is 0 Å². The Labute approximate surface area is 70.0 Å². The van der Waals surface area contributed by atoms with Crippen molar-refractivity contribution >= 4 is 0 Å². The number of rotatable bonds is 2. The fourth-order valence-corrected chi connectivity index (χ4v) is 1.67. The summed E-state index contributed by atoms with van der Waals surface area (Å²) in [6.07, 6.45) is 8.43. The Balaban J connectivity index is 2.41. The van der Waals surface area contributed by atoms with Crippen LogP contribution in [0.2, 0.25) is 0 Å². The molecule has 0 aromatic carbocycles. The quantitative estimate of drug-likeness (QED) is 0.526. The fraction of sp³-hybridized carbons (Fsp3) is 0.636. The van der Waals surface area contributed by atoms with Gasteiger partial charge in [0.05, 0.1) is 0 Å². The van der Waals surface area contributed by atoms with E-state index < -0.39 is 0 Å². The lowest BCUT2D eigenvalue weighted by Crippen LogP contribution is -1.87. The molecule has 0 nitrogen and oxygen atoms in total. The Morgan fingerprint density at radius 1 is 1.27 bits per heavy atom. The van der Waals surface area contributed by atoms with Crippen LogP contribution in [0.25, 0.3) is 0 Å². The monoisotopic (exact) mass is 150 g/mol. The molecule has 0 N–H and O–H groups in total. The molecule has 0 spiro atoms. The summed E-state index contributed by atoms with van der Waals surface area (Å²) in [6.45, 7) is 6.71. The molecule has 62 valence electrons. The topological polar surface area (TPSA) is 0 Å². The lowest BCUT2D eigenvalue weighted by Gasteiger charge is -2.00. The summed E-state index contributed by atoms with van der Waals surface area (Å²) < 4.78 is 0. The Bertz CT molecular complexity index is 170. The van der Waals surface area contributed by atoms with E-state index in [1.807, 2.05) is 0 Å². The molecule has 0 aliphatic heterocycles. The molecule has 0 saturated carbocycles. The highest BCUT2D eigenvalue weighted by Crippen LogP contribution is 2.31. The molecule has 0 aromatic heterocycles. The summed E-state index contributed by atoms with van der Waals surface area (Å²) in [5.41, 5.74) is 3.21. The van der Waals surface area contributed by atoms with Gasteiger partial charge in [0.2, 0.25) is 0 Å². The van der Waals surface area contributed by atoms with E-state index >= 15 is 0 Å². The van der Waals surface area contributed by atoms with Crippen molar-refractivity contribution < 1.29 is 0 Å². The van der Waals surface area contributed by atoms with Gasteiger partial charge in [0.1, 0.15) is 0 Å². The predicted molar refractivity (Wildman–Crippen MR) is 50.5 cm³/mol. The van der Waals surface area contributed by atoms with Crippen molar-refractivity contribution in [1.82, 2.24) is 0 Å². The van der Waals surface area contributed by atoms with E-state index in [0.29, 0.717) is 0 Å². The van der Waals surface area contributed by atoms with E-state index in [1.54, 1.807) is 11.1 Å². The minimum atomic E-state index is 0.815. The smallest absolute Gasteiger partial charge is 0.0159 e. The van der Waals surface area contributed by atoms with Crippen molar-refractivity contribution in [3.8, 4) is 0 Å². The number of hydrogen-bond donors (Lipinski definition) is 0. The van der Waals surface area contributed by atoms with Gasteiger partial charge in [-0.25, -0.2) is 0 Å². The Morgan fingerprint density at radius 3 is 2.27 bits per heavy atom. The maximum absolute atomic E-state index is 2.38. The Morgan fingerprint density at radius 2 is 1.82 bits per heavy atom. The van der Waals surface area contributed by atoms with Crippen molar-refractivity contribution in [1.29, 1.82) is 0 Å². The highest BCUT2D eigenvalue weighted by atomic mass is 14.2. The Kier molecular flexibility index (Phi) is 2.92. The summed E-state index contributed by atoms with van der Waals surface area (Å²) in [4.78, 5) is 0. The zero-order valence-electron chi connectivity index (χ0n) is 7.85. The molecule has 0 heteroatoms. The van der Waals surface area contributed by atoms with Gasteiger partial charge in [-0.3, -0.25) is 0 Å². The highest BCUT2D eigenvalue weighted by Gasteiger charge is 2.15. The first-order valence-electron chi connectivity index (χ1n) is 4.56. The second-order valence-electron chi connectivity index (χ2n) is 3.57. The minimum Gasteiger partial charge on any atom is -0.0885 e. The van der Waals surface area contributed by atoms with Gasteiger partial charge in [-0.15, -0.1) is 0 Å². The summed E-state index contributed by atoms with van der Waals surface area (Å²) in [6, 6.07) is 0. The first-order chi connectivity index (χ1) is 5.24. The van der Waals surface area contributed by atoms with Crippen LogP contribution in [0.3, 0.4) is 0 Å². The van der Waals surface area contributed by atoms with Crippen molar-refractivity contribution in [2.45, 2.75) is 40.0 Å². The summed E-state index contributed by atoms with van der Waals surface area (Å²) >= 11 is 0. The van der Waals surface area contributed by atoms with Crippen molar-refractivity contribution in [3.05, 3.63) is 23.3 Å². The minimum absolute atomic E-state index is 0.815. The molecule has 0 heterocycles. The van der Waals surface area contributed by atoms with E-state index in [1.165, 1.54) is 19.3 Å². The molecular weight excluding hydrogens is 132 g/mol. The van der Waals surface area contributed by atoms with E-state index in [4.69, 9.17) is 0 Å². The van der Waals surface area contributed by atoms with Gasteiger partial charge in [-0.2, -0.15) is 0 Å². The van der Waals surface area contributed by atoms with Crippen LogP contribution in [0.4, 0.5) is 0 Å². The first-order valence-corrected chi connectivity index (χ1v) is 4.56. The van der Waals surface area contributed by atoms with Crippen LogP contribution in [-0.4, -0.2) is 0 Å². The molecule has 0 radical (unpaired) electrons. The van der Waals surface area contributed by atoms with E-state index in [0.717, 1.165) is 5.92 Å². The van der Waals surface area contributed by atoms with Crippen molar-refractivity contribution in [2.24, 2.45) is 5.92 Å². The second kappa shape index (κ2) is 3.75. The third-order valence-corrected chi connectivity index (χ3v) is 2.51. The van der Waals surface area contributed by atoms with Crippen LogP contribution in [-0.2, 0) is 0 Å². The fourth-order valence-electron chi connectivity index (χ4n) is 1.67. The van der Waals surface area contributed by atoms with Gasteiger partial charge in [-0.1, -0.05) is 30.2 Å². The summed E-state index contributed by atoms with van der Waals surface area (Å²) in [5, 5.41) is 0. The average Bonchev–Trinajstić information content (AvgIpc) is 2.28. The van der Waals surface area contributed by atoms with Crippen molar-refractivity contribution in [2.75, 3.05) is 0 Å². The largest absolute Gasteiger partial charge is 0.0885 e. The first kappa shape index (κ1) is 8.58. The molecule has 0 saturated heterocycles. The zero-order valence-corrected chi connectivity index (χ0v) is 7.85. The molecule has 1 rings (SSSR count). The van der Waals surface area contributed by atoms with Crippen LogP contribution in [0.15, 0.2) is 23.3 Å². The van der Waals surface area contributed by atoms with Gasteiger partial charge in [-0.05, 0) is 39.0 Å². The van der Waals surface area contributed by atoms with Crippen LogP contribution >= 0.6 is 0 Å². The van der Waals surface area contributed by atoms with Gasteiger partial charge < -0.3 is 0 Å². The van der Waals surface area contributed by atoms with Gasteiger partial charge in [0.25, 0.3) is 0 Å². The normalized spacial score (nSPS) is 20.6. The molecular formula is C11H18. The van der Waals surface area contributed by atoms with Gasteiger partial charge in [0.15, 0.2) is 0 Å². The highest BCUT2D eigenvalue weighted by molar-refractivity contribution is 5.19. The SMILES string of the molecule is CC/C=C/C1CC(C)=C(C)C1. The summed E-state index contributed by atoms with van der Waals surface area (Å²) in [5.74, 6) is 0.815. The molecule has 11 heavy (non-hydrogen) atoms. The molecule has 0 fully saturated rings. The third kappa shape index (κ3) is 2.21. The van der Waals surface area contributed by atoms with E-state index in [2.05, 4.69) is 32.9 Å². The van der Waals surface area contributed by atoms with E-state index in [9.17, 15) is 0 Å². The second-order valence-corrected chi connectivity index (χ2v) is 3.57. The van der Waals surface area contributed by atoms with Crippen molar-refractivity contribution in [3.63, 3.8) is 0 Å². The molecule has 0 unspecified atom stereocenters. The maximum Gasteiger partial charge on any atom is -0.0159 e. The molecule has 0 atom stereocenters. The zero-order chi connectivity index (χ0) is 8.27. The third-order valence-electron chi connectivity index (χ3n) is 2.51. The molecule has 0 aromatic rings. The maximum atomic E-state index is 2.38. The Hall–Kier alpha value is -0.520. The van der Waals surface area contributed by atoms with Crippen LogP contribution in [0.5, 0.6) is 0 Å². The number of hydrogen-bond acceptors (Lipinski definition) is 0.